The van der Waals surface area contributed by atoms with E-state index in [2.05, 4.69) is 14.7 Å². The van der Waals surface area contributed by atoms with Crippen LogP contribution in [0.3, 0.4) is 0 Å². The first-order valence-corrected chi connectivity index (χ1v) is 6.26. The van der Waals surface area contributed by atoms with Crippen molar-refractivity contribution in [1.29, 1.82) is 0 Å². The van der Waals surface area contributed by atoms with Gasteiger partial charge in [0.1, 0.15) is 0 Å². The predicted octanol–water partition coefficient (Wildman–Crippen LogP) is -0.000100. The first-order chi connectivity index (χ1) is 6.60. The quantitative estimate of drug-likeness (QED) is 0.776. The lowest BCUT2D eigenvalue weighted by Gasteiger charge is -1.97. The monoisotopic (exact) mass is 237 g/mol. The Morgan fingerprint density at radius 2 is 2.29 bits per heavy atom. The summed E-state index contributed by atoms with van der Waals surface area (Å²) in [4.78, 5) is 3.81. The maximum atomic E-state index is 11.5. The van der Waals surface area contributed by atoms with Crippen LogP contribution in [0.25, 0.3) is 0 Å². The molecule has 0 aliphatic heterocycles. The molecule has 6 nitrogen and oxygen atoms in total. The van der Waals surface area contributed by atoms with Gasteiger partial charge in [-0.2, -0.15) is 9.36 Å². The highest BCUT2D eigenvalue weighted by Gasteiger charge is 2.19. The topological polar surface area (TPSA) is 81.2 Å². The molecule has 0 unspecified atom stereocenters. The maximum absolute atomic E-state index is 11.5. The minimum atomic E-state index is -3.33. The average molecular weight is 237 g/mol. The molecule has 0 saturated heterocycles. The Labute approximate surface area is 86.4 Å². The second kappa shape index (κ2) is 4.67. The number of hydrogen-bond donors (Lipinski definition) is 1. The van der Waals surface area contributed by atoms with Crippen molar-refractivity contribution >= 4 is 27.3 Å². The van der Waals surface area contributed by atoms with Crippen molar-refractivity contribution in [3.63, 3.8) is 0 Å². The van der Waals surface area contributed by atoms with Gasteiger partial charge in [-0.1, -0.05) is 0 Å². The number of sulfone groups is 1. The number of nitrogens with zero attached hydrogens (tertiary/aromatic N) is 2. The van der Waals surface area contributed by atoms with Crippen LogP contribution in [0.1, 0.15) is 0 Å². The molecule has 0 radical (unpaired) electrons. The highest BCUT2D eigenvalue weighted by atomic mass is 32.2. The third-order valence-corrected chi connectivity index (χ3v) is 4.28. The van der Waals surface area contributed by atoms with Crippen molar-refractivity contribution in [3.8, 4) is 0 Å². The van der Waals surface area contributed by atoms with Gasteiger partial charge in [0, 0.05) is 25.7 Å². The van der Waals surface area contributed by atoms with Gasteiger partial charge in [0.2, 0.25) is 20.1 Å². The zero-order chi connectivity index (χ0) is 10.6. The van der Waals surface area contributed by atoms with Gasteiger partial charge in [-0.3, -0.25) is 0 Å². The molecular weight excluding hydrogens is 226 g/mol. The van der Waals surface area contributed by atoms with E-state index in [1.54, 1.807) is 7.05 Å². The van der Waals surface area contributed by atoms with E-state index in [0.717, 1.165) is 11.5 Å². The SMILES string of the molecule is CNc1nsc(S(=O)(=O)CCOC)n1. The summed E-state index contributed by atoms with van der Waals surface area (Å²) in [5, 5.41) is 2.67. The summed E-state index contributed by atoms with van der Waals surface area (Å²) < 4.78 is 31.6. The molecule has 0 saturated carbocycles. The minimum Gasteiger partial charge on any atom is -0.384 e. The molecule has 0 amide bonds. The van der Waals surface area contributed by atoms with Crippen molar-refractivity contribution in [1.82, 2.24) is 9.36 Å². The molecule has 0 fully saturated rings. The van der Waals surface area contributed by atoms with Crippen molar-refractivity contribution in [2.75, 3.05) is 31.8 Å². The molecule has 0 atom stereocenters. The molecule has 1 aromatic rings. The Morgan fingerprint density at radius 3 is 2.79 bits per heavy atom. The van der Waals surface area contributed by atoms with Crippen LogP contribution in [0.5, 0.6) is 0 Å². The number of ether oxygens (including phenoxy) is 1. The summed E-state index contributed by atoms with van der Waals surface area (Å²) in [6.07, 6.45) is 0. The molecule has 0 aliphatic carbocycles. The Bertz CT molecular complexity index is 387. The Hall–Kier alpha value is -0.730. The van der Waals surface area contributed by atoms with Crippen LogP contribution in [0.4, 0.5) is 5.95 Å². The van der Waals surface area contributed by atoms with Gasteiger partial charge in [-0.05, 0) is 0 Å². The normalized spacial score (nSPS) is 11.6. The maximum Gasteiger partial charge on any atom is 0.235 e. The van der Waals surface area contributed by atoms with E-state index in [1.807, 2.05) is 0 Å². The Kier molecular flexibility index (Phi) is 3.78. The second-order valence-corrected chi connectivity index (χ2v) is 5.48. The van der Waals surface area contributed by atoms with E-state index in [4.69, 9.17) is 4.74 Å². The summed E-state index contributed by atoms with van der Waals surface area (Å²) in [5.74, 6) is 0.257. The van der Waals surface area contributed by atoms with Gasteiger partial charge >= 0.3 is 0 Å². The molecule has 8 heteroatoms. The molecule has 0 bridgehead atoms. The summed E-state index contributed by atoms with van der Waals surface area (Å²) in [5.41, 5.74) is 0. The van der Waals surface area contributed by atoms with Crippen LogP contribution in [-0.4, -0.2) is 44.3 Å². The van der Waals surface area contributed by atoms with Gasteiger partial charge in [0.05, 0.1) is 12.4 Å². The number of nitrogens with one attached hydrogen (secondary N) is 1. The number of anilines is 1. The lowest BCUT2D eigenvalue weighted by atomic mass is 10.9. The highest BCUT2D eigenvalue weighted by molar-refractivity contribution is 7.93. The van der Waals surface area contributed by atoms with Gasteiger partial charge in [-0.15, -0.1) is 0 Å². The van der Waals surface area contributed by atoms with E-state index < -0.39 is 9.84 Å². The van der Waals surface area contributed by atoms with Crippen LogP contribution < -0.4 is 5.32 Å². The zero-order valence-corrected chi connectivity index (χ0v) is 9.48. The van der Waals surface area contributed by atoms with Crippen LogP contribution in [0, 0.1) is 0 Å². The summed E-state index contributed by atoms with van der Waals surface area (Å²) in [7, 11) is -0.246. The van der Waals surface area contributed by atoms with E-state index in [-0.39, 0.29) is 16.7 Å². The average Bonchev–Trinajstić information content (AvgIpc) is 2.63. The summed E-state index contributed by atoms with van der Waals surface area (Å²) >= 11 is 0.864. The first kappa shape index (κ1) is 11.3. The van der Waals surface area contributed by atoms with Gasteiger partial charge in [0.15, 0.2) is 0 Å². The van der Waals surface area contributed by atoms with Crippen LogP contribution in [-0.2, 0) is 14.6 Å². The van der Waals surface area contributed by atoms with Crippen molar-refractivity contribution in [3.05, 3.63) is 0 Å². The fraction of sp³-hybridized carbons (Fsp3) is 0.667. The predicted molar refractivity (Wildman–Crippen MR) is 53.4 cm³/mol. The van der Waals surface area contributed by atoms with Crippen LogP contribution in [0.15, 0.2) is 4.34 Å². The van der Waals surface area contributed by atoms with E-state index >= 15 is 0 Å². The van der Waals surface area contributed by atoms with Gasteiger partial charge < -0.3 is 10.1 Å². The van der Waals surface area contributed by atoms with Crippen molar-refractivity contribution in [2.24, 2.45) is 0 Å². The largest absolute Gasteiger partial charge is 0.384 e. The third-order valence-electron chi connectivity index (χ3n) is 1.45. The standard InChI is InChI=1S/C6H11N3O3S2/c1-7-5-8-6(13-9-5)14(10,11)4-3-12-2/h3-4H2,1-2H3,(H,7,9). The summed E-state index contributed by atoms with van der Waals surface area (Å²) in [6, 6.07) is 0. The molecule has 14 heavy (non-hydrogen) atoms. The second-order valence-electron chi connectivity index (χ2n) is 2.45. The molecule has 1 N–H and O–H groups in total. The smallest absolute Gasteiger partial charge is 0.235 e. The highest BCUT2D eigenvalue weighted by Crippen LogP contribution is 2.15. The van der Waals surface area contributed by atoms with Crippen molar-refractivity contribution in [2.45, 2.75) is 4.34 Å². The van der Waals surface area contributed by atoms with Gasteiger partial charge in [0.25, 0.3) is 0 Å². The molecule has 1 heterocycles. The molecule has 0 aliphatic rings. The number of aromatic nitrogens is 2. The third kappa shape index (κ3) is 2.63. The summed E-state index contributed by atoms with van der Waals surface area (Å²) in [6.45, 7) is 0.163. The Morgan fingerprint density at radius 1 is 1.57 bits per heavy atom. The number of hydrogen-bond acceptors (Lipinski definition) is 7. The molecule has 1 aromatic heterocycles. The molecular formula is C6H11N3O3S2. The lowest BCUT2D eigenvalue weighted by Crippen LogP contribution is -2.11. The molecule has 0 spiro atoms. The van der Waals surface area contributed by atoms with E-state index in [1.165, 1.54) is 7.11 Å². The molecule has 80 valence electrons. The molecule has 1 rings (SSSR count). The van der Waals surface area contributed by atoms with Crippen LogP contribution in [0.2, 0.25) is 0 Å². The van der Waals surface area contributed by atoms with Gasteiger partial charge in [-0.25, -0.2) is 8.42 Å². The fourth-order valence-corrected chi connectivity index (χ4v) is 2.74. The minimum absolute atomic E-state index is 0.0268. The van der Waals surface area contributed by atoms with Crippen molar-refractivity contribution < 1.29 is 13.2 Å². The fourth-order valence-electron chi connectivity index (χ4n) is 0.718. The molecule has 0 aromatic carbocycles. The zero-order valence-electron chi connectivity index (χ0n) is 7.85. The van der Waals surface area contributed by atoms with Crippen LogP contribution >= 0.6 is 11.5 Å². The number of methoxy groups -OCH3 is 1. The number of rotatable bonds is 5. The van der Waals surface area contributed by atoms with E-state index in [0.29, 0.717) is 5.95 Å². The van der Waals surface area contributed by atoms with E-state index in [9.17, 15) is 8.42 Å². The first-order valence-electron chi connectivity index (χ1n) is 3.83. The lowest BCUT2D eigenvalue weighted by molar-refractivity contribution is 0.217. The Balaban J connectivity index is 2.81.